The topological polar surface area (TPSA) is 101 Å². The van der Waals surface area contributed by atoms with Crippen molar-refractivity contribution in [1.29, 1.82) is 0 Å². The third-order valence-electron chi connectivity index (χ3n) is 6.36. The van der Waals surface area contributed by atoms with E-state index in [1.807, 2.05) is 0 Å². The molecule has 7 nitrogen and oxygen atoms in total. The van der Waals surface area contributed by atoms with Crippen molar-refractivity contribution in [3.8, 4) is 5.75 Å². The summed E-state index contributed by atoms with van der Waals surface area (Å²) >= 11 is 0. The van der Waals surface area contributed by atoms with E-state index in [0.29, 0.717) is 0 Å². The number of anilines is 1. The summed E-state index contributed by atoms with van der Waals surface area (Å²) in [5.74, 6) is -7.30. The van der Waals surface area contributed by atoms with E-state index in [1.165, 1.54) is 39.1 Å². The number of nitrogens with one attached hydrogen (secondary N) is 1. The number of amides is 1. The van der Waals surface area contributed by atoms with Crippen molar-refractivity contribution < 1.29 is 46.4 Å². The van der Waals surface area contributed by atoms with E-state index in [-0.39, 0.29) is 16.9 Å². The molecule has 1 amide bonds. The van der Waals surface area contributed by atoms with Crippen molar-refractivity contribution in [2.75, 3.05) is 18.5 Å². The summed E-state index contributed by atoms with van der Waals surface area (Å²) in [6.45, 7) is 3.88. The SMILES string of the molecule is C[C@H]1[C@@H](c2ccc(F)c(F)c2OCCO)[C@H](C(=O)Nc2ccnc(C(C)(C)O)c2)O[C@@]1(C)C(F)(F)F. The van der Waals surface area contributed by atoms with Gasteiger partial charge in [-0.15, -0.1) is 0 Å². The molecular weight excluding hydrogens is 491 g/mol. The fourth-order valence-corrected chi connectivity index (χ4v) is 4.18. The van der Waals surface area contributed by atoms with Crippen LogP contribution in [-0.2, 0) is 15.1 Å². The highest BCUT2D eigenvalue weighted by molar-refractivity contribution is 5.95. The lowest BCUT2D eigenvalue weighted by Gasteiger charge is -2.32. The van der Waals surface area contributed by atoms with E-state index in [4.69, 9.17) is 14.6 Å². The first-order valence-electron chi connectivity index (χ1n) is 11.1. The average molecular weight is 518 g/mol. The molecule has 1 fully saturated rings. The van der Waals surface area contributed by atoms with Crippen LogP contribution in [0.3, 0.4) is 0 Å². The number of rotatable bonds is 7. The predicted molar refractivity (Wildman–Crippen MR) is 118 cm³/mol. The molecule has 12 heteroatoms. The van der Waals surface area contributed by atoms with Gasteiger partial charge in [-0.05, 0) is 39.0 Å². The molecule has 1 aromatic carbocycles. The van der Waals surface area contributed by atoms with Gasteiger partial charge in [0.2, 0.25) is 5.82 Å². The molecule has 1 aliphatic heterocycles. The smallest absolute Gasteiger partial charge is 0.417 e. The Kier molecular flexibility index (Phi) is 7.64. The molecule has 4 atom stereocenters. The lowest BCUT2D eigenvalue weighted by atomic mass is 9.77. The number of pyridine rings is 1. The highest BCUT2D eigenvalue weighted by atomic mass is 19.4. The molecule has 3 rings (SSSR count). The summed E-state index contributed by atoms with van der Waals surface area (Å²) in [4.78, 5) is 17.3. The number of hydrogen-bond acceptors (Lipinski definition) is 6. The molecule has 0 unspecified atom stereocenters. The minimum absolute atomic E-state index is 0.129. The molecular formula is C24H27F5N2O5. The second kappa shape index (κ2) is 9.91. The molecule has 36 heavy (non-hydrogen) atoms. The summed E-state index contributed by atoms with van der Waals surface area (Å²) in [5, 5.41) is 21.7. The number of carbonyl (C=O) groups excluding carboxylic acids is 1. The lowest BCUT2D eigenvalue weighted by Crippen LogP contribution is -2.47. The van der Waals surface area contributed by atoms with Crippen LogP contribution in [0.25, 0.3) is 0 Å². The largest absolute Gasteiger partial charge is 0.488 e. The third kappa shape index (κ3) is 5.16. The zero-order chi connectivity index (χ0) is 27.1. The molecule has 3 N–H and O–H groups in total. The van der Waals surface area contributed by atoms with Gasteiger partial charge in [-0.1, -0.05) is 13.0 Å². The monoisotopic (exact) mass is 518 g/mol. The molecule has 198 valence electrons. The van der Waals surface area contributed by atoms with Crippen LogP contribution >= 0.6 is 0 Å². The van der Waals surface area contributed by atoms with E-state index in [9.17, 15) is 31.9 Å². The van der Waals surface area contributed by atoms with Gasteiger partial charge in [0.1, 0.15) is 18.3 Å². The Morgan fingerprint density at radius 1 is 1.25 bits per heavy atom. The number of hydrogen-bond donors (Lipinski definition) is 3. The quantitative estimate of drug-likeness (QED) is 0.479. The summed E-state index contributed by atoms with van der Waals surface area (Å²) in [6, 6.07) is 4.48. The van der Waals surface area contributed by atoms with Crippen LogP contribution in [0.1, 0.15) is 44.9 Å². The molecule has 0 aliphatic carbocycles. The van der Waals surface area contributed by atoms with E-state index < -0.39 is 71.8 Å². The zero-order valence-corrected chi connectivity index (χ0v) is 20.0. The Morgan fingerprint density at radius 3 is 2.50 bits per heavy atom. The van der Waals surface area contributed by atoms with Crippen LogP contribution in [0.5, 0.6) is 5.75 Å². The van der Waals surface area contributed by atoms with E-state index >= 15 is 0 Å². The lowest BCUT2D eigenvalue weighted by molar-refractivity contribution is -0.272. The van der Waals surface area contributed by atoms with Crippen molar-refractivity contribution in [1.82, 2.24) is 4.98 Å². The van der Waals surface area contributed by atoms with Crippen molar-refractivity contribution in [3.63, 3.8) is 0 Å². The van der Waals surface area contributed by atoms with Gasteiger partial charge in [0.25, 0.3) is 5.91 Å². The molecule has 0 bridgehead atoms. The Labute approximate surface area is 204 Å². The van der Waals surface area contributed by atoms with Gasteiger partial charge in [0, 0.05) is 29.3 Å². The molecule has 0 spiro atoms. The summed E-state index contributed by atoms with van der Waals surface area (Å²) in [6.07, 6.45) is -5.39. The van der Waals surface area contributed by atoms with E-state index in [1.54, 1.807) is 0 Å². The molecule has 0 saturated carbocycles. The Morgan fingerprint density at radius 2 is 1.92 bits per heavy atom. The average Bonchev–Trinajstić information content (AvgIpc) is 3.06. The number of nitrogens with zero attached hydrogens (tertiary/aromatic N) is 1. The number of ether oxygens (including phenoxy) is 2. The highest BCUT2D eigenvalue weighted by Crippen LogP contribution is 2.55. The van der Waals surface area contributed by atoms with Gasteiger partial charge < -0.3 is 25.0 Å². The van der Waals surface area contributed by atoms with Crippen molar-refractivity contribution in [2.24, 2.45) is 5.92 Å². The Balaban J connectivity index is 2.08. The van der Waals surface area contributed by atoms with Gasteiger partial charge in [0.05, 0.1) is 12.3 Å². The maximum atomic E-state index is 14.6. The summed E-state index contributed by atoms with van der Waals surface area (Å²) < 4.78 is 81.3. The van der Waals surface area contributed by atoms with Gasteiger partial charge in [0.15, 0.2) is 17.2 Å². The first-order chi connectivity index (χ1) is 16.6. The minimum Gasteiger partial charge on any atom is -0.488 e. The second-order valence-corrected chi connectivity index (χ2v) is 9.29. The normalized spacial score (nSPS) is 24.6. The van der Waals surface area contributed by atoms with E-state index in [0.717, 1.165) is 19.1 Å². The van der Waals surface area contributed by atoms with Gasteiger partial charge in [-0.3, -0.25) is 9.78 Å². The van der Waals surface area contributed by atoms with E-state index in [2.05, 4.69) is 10.3 Å². The molecule has 0 radical (unpaired) electrons. The van der Waals surface area contributed by atoms with Crippen LogP contribution in [-0.4, -0.2) is 52.2 Å². The second-order valence-electron chi connectivity index (χ2n) is 9.29. The molecule has 1 saturated heterocycles. The standard InChI is InChI=1S/C24H27F5N2O5/c1-12-17(14-5-6-15(25)18(26)19(14)35-10-9-32)20(36-23(12,4)24(27,28)29)21(33)31-13-7-8-30-16(11-13)22(2,3)34/h5-8,11-12,17,20,32,34H,9-10H2,1-4H3,(H,30,31,33)/t12-,17-,20+,23+/m0/s1. The minimum atomic E-state index is -4.91. The molecule has 1 aromatic heterocycles. The maximum Gasteiger partial charge on any atom is 0.417 e. The summed E-state index contributed by atoms with van der Waals surface area (Å²) in [5.41, 5.74) is -4.06. The first-order valence-corrected chi connectivity index (χ1v) is 11.1. The van der Waals surface area contributed by atoms with Crippen molar-refractivity contribution in [3.05, 3.63) is 53.4 Å². The van der Waals surface area contributed by atoms with Crippen molar-refractivity contribution in [2.45, 2.75) is 57.1 Å². The molecule has 2 heterocycles. The molecule has 1 aliphatic rings. The predicted octanol–water partition coefficient (Wildman–Crippen LogP) is 4.04. The maximum absolute atomic E-state index is 14.6. The number of benzene rings is 1. The van der Waals surface area contributed by atoms with Crippen LogP contribution in [0.4, 0.5) is 27.6 Å². The molecule has 2 aromatic rings. The zero-order valence-electron chi connectivity index (χ0n) is 20.0. The fourth-order valence-electron chi connectivity index (χ4n) is 4.18. The third-order valence-corrected chi connectivity index (χ3v) is 6.36. The number of alkyl halides is 3. The number of aliphatic hydroxyl groups excluding tert-OH is 1. The van der Waals surface area contributed by atoms with Gasteiger partial charge >= 0.3 is 6.18 Å². The van der Waals surface area contributed by atoms with Crippen LogP contribution < -0.4 is 10.1 Å². The van der Waals surface area contributed by atoms with Crippen LogP contribution in [0.15, 0.2) is 30.5 Å². The number of halogens is 5. The Bertz CT molecular complexity index is 1120. The fraction of sp³-hybridized carbons (Fsp3) is 0.500. The number of aromatic nitrogens is 1. The van der Waals surface area contributed by atoms with Crippen LogP contribution in [0.2, 0.25) is 0 Å². The summed E-state index contributed by atoms with van der Waals surface area (Å²) in [7, 11) is 0. The number of carbonyl (C=O) groups is 1. The van der Waals surface area contributed by atoms with Crippen molar-refractivity contribution >= 4 is 11.6 Å². The van der Waals surface area contributed by atoms with Crippen LogP contribution in [0, 0.1) is 17.6 Å². The Hall–Kier alpha value is -2.83. The number of aliphatic hydroxyl groups is 2. The first kappa shape index (κ1) is 27.8. The highest BCUT2D eigenvalue weighted by Gasteiger charge is 2.66. The van der Waals surface area contributed by atoms with Gasteiger partial charge in [-0.2, -0.15) is 17.6 Å². The van der Waals surface area contributed by atoms with Gasteiger partial charge in [-0.25, -0.2) is 4.39 Å².